The summed E-state index contributed by atoms with van der Waals surface area (Å²) in [6, 6.07) is 12.0. The molecule has 0 atom stereocenters. The van der Waals surface area contributed by atoms with Gasteiger partial charge in [0.1, 0.15) is 12.4 Å². The lowest BCUT2D eigenvalue weighted by Gasteiger charge is -2.27. The molecule has 0 saturated carbocycles. The summed E-state index contributed by atoms with van der Waals surface area (Å²) in [5.74, 6) is 0.821. The zero-order valence-electron chi connectivity index (χ0n) is 18.1. The van der Waals surface area contributed by atoms with Gasteiger partial charge in [-0.25, -0.2) is 0 Å². The van der Waals surface area contributed by atoms with Crippen LogP contribution < -0.4 is 15.5 Å². The van der Waals surface area contributed by atoms with Crippen LogP contribution >= 0.6 is 11.6 Å². The third-order valence-electron chi connectivity index (χ3n) is 6.18. The SMILES string of the molecule is O=c1c(CCNCc2ccc(Cl)cc2)cn2c3c(cc(CN4CCOCC4)cc13)OCC2. The summed E-state index contributed by atoms with van der Waals surface area (Å²) in [6.45, 7) is 7.03. The monoisotopic (exact) mass is 453 g/mol. The number of rotatable bonds is 7. The number of ether oxygens (including phenoxy) is 2. The molecule has 0 unspecified atom stereocenters. The number of morpholine rings is 1. The second kappa shape index (κ2) is 9.63. The van der Waals surface area contributed by atoms with Crippen LogP contribution in [0.15, 0.2) is 47.4 Å². The Morgan fingerprint density at radius 2 is 1.81 bits per heavy atom. The highest BCUT2D eigenvalue weighted by Crippen LogP contribution is 2.30. The fourth-order valence-electron chi connectivity index (χ4n) is 4.50. The Balaban J connectivity index is 1.35. The molecule has 6 nitrogen and oxygen atoms in total. The Hall–Kier alpha value is -2.38. The van der Waals surface area contributed by atoms with Crippen LogP contribution in [0.3, 0.4) is 0 Å². The number of benzene rings is 2. The van der Waals surface area contributed by atoms with Gasteiger partial charge in [0.05, 0.1) is 30.7 Å². The van der Waals surface area contributed by atoms with Crippen molar-refractivity contribution in [1.29, 1.82) is 0 Å². The lowest BCUT2D eigenvalue weighted by atomic mass is 10.0. The maximum atomic E-state index is 13.4. The fraction of sp³-hybridized carbons (Fsp3) is 0.400. The van der Waals surface area contributed by atoms with E-state index in [1.165, 1.54) is 5.56 Å². The molecule has 2 aliphatic rings. The molecule has 0 aliphatic carbocycles. The summed E-state index contributed by atoms with van der Waals surface area (Å²) >= 11 is 5.95. The summed E-state index contributed by atoms with van der Waals surface area (Å²) < 4.78 is 13.6. The molecule has 7 heteroatoms. The molecule has 2 aliphatic heterocycles. The van der Waals surface area contributed by atoms with E-state index in [4.69, 9.17) is 21.1 Å². The average molecular weight is 454 g/mol. The molecule has 3 aromatic rings. The molecule has 5 rings (SSSR count). The molecule has 1 saturated heterocycles. The number of aromatic nitrogens is 1. The fourth-order valence-corrected chi connectivity index (χ4v) is 4.63. The Morgan fingerprint density at radius 1 is 1.00 bits per heavy atom. The second-order valence-electron chi connectivity index (χ2n) is 8.46. The van der Waals surface area contributed by atoms with E-state index in [2.05, 4.69) is 26.9 Å². The first kappa shape index (κ1) is 21.5. The minimum absolute atomic E-state index is 0.111. The van der Waals surface area contributed by atoms with E-state index in [1.54, 1.807) is 0 Å². The van der Waals surface area contributed by atoms with Gasteiger partial charge in [-0.3, -0.25) is 9.69 Å². The maximum absolute atomic E-state index is 13.4. The molecule has 1 aromatic heterocycles. The molecule has 1 fully saturated rings. The van der Waals surface area contributed by atoms with Gasteiger partial charge in [0.2, 0.25) is 0 Å². The van der Waals surface area contributed by atoms with Gasteiger partial charge in [-0.15, -0.1) is 0 Å². The van der Waals surface area contributed by atoms with E-state index >= 15 is 0 Å². The van der Waals surface area contributed by atoms with Crippen molar-refractivity contribution in [1.82, 2.24) is 14.8 Å². The van der Waals surface area contributed by atoms with Gasteiger partial charge < -0.3 is 19.4 Å². The van der Waals surface area contributed by atoms with E-state index in [9.17, 15) is 4.79 Å². The van der Waals surface area contributed by atoms with Gasteiger partial charge >= 0.3 is 0 Å². The van der Waals surface area contributed by atoms with E-state index < -0.39 is 0 Å². The van der Waals surface area contributed by atoms with Crippen molar-refractivity contribution in [3.63, 3.8) is 0 Å². The van der Waals surface area contributed by atoms with Crippen LogP contribution in [0.2, 0.25) is 5.02 Å². The molecule has 0 bridgehead atoms. The van der Waals surface area contributed by atoms with Gasteiger partial charge in [-0.2, -0.15) is 0 Å². The summed E-state index contributed by atoms with van der Waals surface area (Å²) in [7, 11) is 0. The number of hydrogen-bond acceptors (Lipinski definition) is 5. The molecule has 168 valence electrons. The standard InChI is InChI=1S/C25H28ClN3O3/c26-21-3-1-18(2-4-21)15-27-6-5-20-17-29-9-12-32-23-14-19(13-22(24(23)29)25(20)30)16-28-7-10-31-11-8-28/h1-4,13-14,17,27H,5-12,15-16H2. The first-order valence-corrected chi connectivity index (χ1v) is 11.6. The van der Waals surface area contributed by atoms with E-state index in [0.717, 1.165) is 85.3 Å². The van der Waals surface area contributed by atoms with Crippen LogP contribution in [0.4, 0.5) is 0 Å². The van der Waals surface area contributed by atoms with Gasteiger partial charge in [0.15, 0.2) is 5.43 Å². The van der Waals surface area contributed by atoms with Crippen LogP contribution in [0.5, 0.6) is 5.75 Å². The largest absolute Gasteiger partial charge is 0.490 e. The number of halogens is 1. The maximum Gasteiger partial charge on any atom is 0.192 e. The van der Waals surface area contributed by atoms with E-state index in [-0.39, 0.29) is 5.43 Å². The first-order chi connectivity index (χ1) is 15.7. The molecule has 0 radical (unpaired) electrons. The molecular weight excluding hydrogens is 426 g/mol. The minimum Gasteiger partial charge on any atom is -0.490 e. The van der Waals surface area contributed by atoms with Crippen LogP contribution in [-0.4, -0.2) is 48.9 Å². The predicted molar refractivity (Wildman–Crippen MR) is 127 cm³/mol. The third-order valence-corrected chi connectivity index (χ3v) is 6.44. The smallest absolute Gasteiger partial charge is 0.192 e. The predicted octanol–water partition coefficient (Wildman–Crippen LogP) is 3.21. The van der Waals surface area contributed by atoms with Gasteiger partial charge in [-0.05, 0) is 48.4 Å². The number of nitrogens with zero attached hydrogens (tertiary/aromatic N) is 2. The van der Waals surface area contributed by atoms with Crippen LogP contribution in [0.1, 0.15) is 16.7 Å². The topological polar surface area (TPSA) is 55.7 Å². The van der Waals surface area contributed by atoms with E-state index in [0.29, 0.717) is 13.0 Å². The van der Waals surface area contributed by atoms with Crippen molar-refractivity contribution in [2.75, 3.05) is 39.5 Å². The Kier molecular flexibility index (Phi) is 6.46. The lowest BCUT2D eigenvalue weighted by molar-refractivity contribution is 0.0342. The number of pyridine rings is 1. The molecular formula is C25H28ClN3O3. The van der Waals surface area contributed by atoms with Crippen molar-refractivity contribution in [3.05, 3.63) is 74.5 Å². The molecule has 1 N–H and O–H groups in total. The summed E-state index contributed by atoms with van der Waals surface area (Å²) in [5, 5.41) is 4.94. The Morgan fingerprint density at radius 3 is 2.62 bits per heavy atom. The van der Waals surface area contributed by atoms with Crippen LogP contribution in [0, 0.1) is 0 Å². The summed E-state index contributed by atoms with van der Waals surface area (Å²) in [6.07, 6.45) is 2.70. The molecule has 2 aromatic carbocycles. The average Bonchev–Trinajstić information content (AvgIpc) is 2.81. The van der Waals surface area contributed by atoms with Gasteiger partial charge in [0, 0.05) is 43.0 Å². The van der Waals surface area contributed by atoms with E-state index in [1.807, 2.05) is 30.5 Å². The van der Waals surface area contributed by atoms with Gasteiger partial charge in [-0.1, -0.05) is 23.7 Å². The number of hydrogen-bond donors (Lipinski definition) is 1. The highest BCUT2D eigenvalue weighted by atomic mass is 35.5. The first-order valence-electron chi connectivity index (χ1n) is 11.2. The normalized spacial score (nSPS) is 16.3. The van der Waals surface area contributed by atoms with Crippen LogP contribution in [0.25, 0.3) is 10.9 Å². The zero-order valence-corrected chi connectivity index (χ0v) is 18.9. The second-order valence-corrected chi connectivity index (χ2v) is 8.89. The molecule has 0 amide bonds. The van der Waals surface area contributed by atoms with Gasteiger partial charge in [0.25, 0.3) is 0 Å². The van der Waals surface area contributed by atoms with Crippen molar-refractivity contribution in [2.45, 2.75) is 26.1 Å². The van der Waals surface area contributed by atoms with Crippen LogP contribution in [-0.2, 0) is 30.8 Å². The Labute approximate surface area is 192 Å². The molecule has 0 spiro atoms. The summed E-state index contributed by atoms with van der Waals surface area (Å²) in [5.41, 5.74) is 4.18. The van der Waals surface area contributed by atoms with Crippen molar-refractivity contribution < 1.29 is 9.47 Å². The van der Waals surface area contributed by atoms with Crippen molar-refractivity contribution in [3.8, 4) is 5.75 Å². The third kappa shape index (κ3) is 4.69. The Bertz CT molecular complexity index is 1150. The highest BCUT2D eigenvalue weighted by Gasteiger charge is 2.19. The zero-order chi connectivity index (χ0) is 21.9. The summed E-state index contributed by atoms with van der Waals surface area (Å²) in [4.78, 5) is 15.7. The number of nitrogens with one attached hydrogen (secondary N) is 1. The molecule has 32 heavy (non-hydrogen) atoms. The van der Waals surface area contributed by atoms with Crippen molar-refractivity contribution in [2.24, 2.45) is 0 Å². The lowest BCUT2D eigenvalue weighted by Crippen LogP contribution is -2.35. The van der Waals surface area contributed by atoms with Crippen molar-refractivity contribution >= 4 is 22.5 Å². The quantitative estimate of drug-likeness (QED) is 0.557. The minimum atomic E-state index is 0.111. The highest BCUT2D eigenvalue weighted by molar-refractivity contribution is 6.30. The molecule has 3 heterocycles.